The van der Waals surface area contributed by atoms with E-state index in [0.717, 1.165) is 18.6 Å². The summed E-state index contributed by atoms with van der Waals surface area (Å²) in [5.41, 5.74) is 3.31. The van der Waals surface area contributed by atoms with E-state index in [4.69, 9.17) is 0 Å². The minimum absolute atomic E-state index is 0.00684. The Bertz CT molecular complexity index is 767. The average molecular weight is 312 g/mol. The van der Waals surface area contributed by atoms with Crippen LogP contribution in [0.15, 0.2) is 30.6 Å². The molecule has 2 aromatic rings. The van der Waals surface area contributed by atoms with Gasteiger partial charge in [-0.05, 0) is 44.9 Å². The van der Waals surface area contributed by atoms with Crippen LogP contribution in [0.2, 0.25) is 0 Å². The minimum Gasteiger partial charge on any atom is -0.335 e. The molecule has 3 rings (SSSR count). The van der Waals surface area contributed by atoms with Crippen molar-refractivity contribution >= 4 is 22.6 Å². The van der Waals surface area contributed by atoms with Crippen molar-refractivity contribution in [3.05, 3.63) is 36.2 Å². The van der Waals surface area contributed by atoms with Crippen LogP contribution < -0.4 is 5.32 Å². The maximum Gasteiger partial charge on any atom is 0.318 e. The second-order valence-electron chi connectivity index (χ2n) is 7.13. The summed E-state index contributed by atoms with van der Waals surface area (Å²) in [6.07, 6.45) is 6.98. The van der Waals surface area contributed by atoms with Gasteiger partial charge in [0.05, 0.1) is 0 Å². The number of carbonyl (C=O) groups excluding carboxylic acids is 1. The van der Waals surface area contributed by atoms with Gasteiger partial charge in [-0.25, -0.2) is 9.78 Å². The fourth-order valence-corrected chi connectivity index (χ4v) is 2.97. The first-order valence-corrected chi connectivity index (χ1v) is 8.02. The molecule has 0 spiro atoms. The lowest BCUT2D eigenvalue weighted by atomic mass is 10.00. The number of amides is 2. The summed E-state index contributed by atoms with van der Waals surface area (Å²) in [5, 5.41) is 4.20. The first-order valence-electron chi connectivity index (χ1n) is 8.02. The lowest BCUT2D eigenvalue weighted by Crippen LogP contribution is -2.49. The van der Waals surface area contributed by atoms with Crippen molar-refractivity contribution in [1.82, 2.24) is 19.8 Å². The Labute approximate surface area is 137 Å². The number of hydrogen-bond donors (Lipinski definition) is 1. The second kappa shape index (κ2) is 5.72. The number of pyridine rings is 1. The van der Waals surface area contributed by atoms with Crippen LogP contribution in [0.25, 0.3) is 16.6 Å². The quantitative estimate of drug-likeness (QED) is 0.879. The van der Waals surface area contributed by atoms with Crippen molar-refractivity contribution in [2.45, 2.75) is 32.7 Å². The van der Waals surface area contributed by atoms with Crippen LogP contribution >= 0.6 is 0 Å². The highest BCUT2D eigenvalue weighted by atomic mass is 16.2. The second-order valence-corrected chi connectivity index (χ2v) is 7.13. The molecular weight excluding hydrogens is 288 g/mol. The predicted octanol–water partition coefficient (Wildman–Crippen LogP) is 3.17. The lowest BCUT2D eigenvalue weighted by molar-refractivity contribution is 0.193. The van der Waals surface area contributed by atoms with Crippen LogP contribution in [0, 0.1) is 0 Å². The maximum absolute atomic E-state index is 12.2. The summed E-state index contributed by atoms with van der Waals surface area (Å²) in [6, 6.07) is 4.09. The molecule has 2 aromatic heterocycles. The number of nitrogens with one attached hydrogen (secondary N) is 1. The molecule has 1 aliphatic heterocycles. The molecule has 3 heterocycles. The maximum atomic E-state index is 12.2. The number of hydrogen-bond acceptors (Lipinski definition) is 2. The van der Waals surface area contributed by atoms with Gasteiger partial charge < -0.3 is 14.8 Å². The van der Waals surface area contributed by atoms with E-state index in [2.05, 4.69) is 33.2 Å². The van der Waals surface area contributed by atoms with E-state index in [1.807, 2.05) is 45.0 Å². The minimum atomic E-state index is -0.206. The number of rotatable bonds is 1. The number of carbonyl (C=O) groups is 1. The number of urea groups is 1. The SMILES string of the molecule is Cn1cc(C2=CCN(C(=O)NC(C)(C)C)CC2)c2cccnc21. The molecule has 0 fully saturated rings. The summed E-state index contributed by atoms with van der Waals surface area (Å²) >= 11 is 0. The van der Waals surface area contributed by atoms with E-state index in [-0.39, 0.29) is 11.6 Å². The monoisotopic (exact) mass is 312 g/mol. The zero-order chi connectivity index (χ0) is 16.6. The fraction of sp³-hybridized carbons (Fsp3) is 0.444. The number of fused-ring (bicyclic) bond motifs is 1. The van der Waals surface area contributed by atoms with Gasteiger partial charge in [-0.15, -0.1) is 0 Å². The Morgan fingerprint density at radius 3 is 2.78 bits per heavy atom. The van der Waals surface area contributed by atoms with E-state index in [9.17, 15) is 4.79 Å². The van der Waals surface area contributed by atoms with Crippen molar-refractivity contribution in [1.29, 1.82) is 0 Å². The van der Waals surface area contributed by atoms with E-state index in [0.29, 0.717) is 6.54 Å². The number of aromatic nitrogens is 2. The van der Waals surface area contributed by atoms with Gasteiger partial charge in [-0.2, -0.15) is 0 Å². The van der Waals surface area contributed by atoms with E-state index in [1.54, 1.807) is 0 Å². The highest BCUT2D eigenvalue weighted by molar-refractivity contribution is 5.91. The van der Waals surface area contributed by atoms with E-state index in [1.165, 1.54) is 16.5 Å². The van der Waals surface area contributed by atoms with Crippen LogP contribution in [-0.2, 0) is 7.05 Å². The lowest BCUT2D eigenvalue weighted by Gasteiger charge is -2.30. The molecule has 0 aliphatic carbocycles. The van der Waals surface area contributed by atoms with Crippen molar-refractivity contribution in [3.8, 4) is 0 Å². The van der Waals surface area contributed by atoms with Gasteiger partial charge in [0.15, 0.2) is 0 Å². The summed E-state index contributed by atoms with van der Waals surface area (Å²) < 4.78 is 2.06. The molecule has 1 N–H and O–H groups in total. The Balaban J connectivity index is 1.80. The van der Waals surface area contributed by atoms with Crippen molar-refractivity contribution < 1.29 is 4.79 Å². The Morgan fingerprint density at radius 1 is 1.35 bits per heavy atom. The van der Waals surface area contributed by atoms with Crippen molar-refractivity contribution in [2.75, 3.05) is 13.1 Å². The largest absolute Gasteiger partial charge is 0.335 e. The van der Waals surface area contributed by atoms with Gasteiger partial charge in [0, 0.05) is 49.0 Å². The topological polar surface area (TPSA) is 50.2 Å². The molecule has 1 aliphatic rings. The van der Waals surface area contributed by atoms with Gasteiger partial charge >= 0.3 is 6.03 Å². The molecule has 5 heteroatoms. The Hall–Kier alpha value is -2.30. The van der Waals surface area contributed by atoms with Gasteiger partial charge in [0.25, 0.3) is 0 Å². The highest BCUT2D eigenvalue weighted by Gasteiger charge is 2.22. The number of aryl methyl sites for hydroxylation is 1. The van der Waals surface area contributed by atoms with Crippen LogP contribution in [-0.4, -0.2) is 39.1 Å². The van der Waals surface area contributed by atoms with Crippen LogP contribution in [0.1, 0.15) is 32.8 Å². The molecule has 2 amide bonds. The third-order valence-electron chi connectivity index (χ3n) is 4.06. The Morgan fingerprint density at radius 2 is 2.13 bits per heavy atom. The third-order valence-corrected chi connectivity index (χ3v) is 4.06. The molecule has 0 unspecified atom stereocenters. The molecule has 0 bridgehead atoms. The van der Waals surface area contributed by atoms with Gasteiger partial charge in [0.1, 0.15) is 5.65 Å². The summed E-state index contributed by atoms with van der Waals surface area (Å²) in [6.45, 7) is 7.38. The van der Waals surface area contributed by atoms with Crippen LogP contribution in [0.5, 0.6) is 0 Å². The molecule has 0 radical (unpaired) electrons. The molecular formula is C18H24N4O. The van der Waals surface area contributed by atoms with Gasteiger partial charge in [0.2, 0.25) is 0 Å². The molecule has 0 aromatic carbocycles. The van der Waals surface area contributed by atoms with Crippen molar-refractivity contribution in [2.24, 2.45) is 7.05 Å². The molecule has 122 valence electrons. The normalized spacial score (nSPS) is 15.7. The smallest absolute Gasteiger partial charge is 0.318 e. The van der Waals surface area contributed by atoms with Gasteiger partial charge in [-0.1, -0.05) is 6.08 Å². The Kier molecular flexibility index (Phi) is 3.88. The van der Waals surface area contributed by atoms with Crippen LogP contribution in [0.4, 0.5) is 4.79 Å². The van der Waals surface area contributed by atoms with Crippen molar-refractivity contribution in [3.63, 3.8) is 0 Å². The zero-order valence-corrected chi connectivity index (χ0v) is 14.3. The third kappa shape index (κ3) is 3.23. The van der Waals surface area contributed by atoms with E-state index < -0.39 is 0 Å². The standard InChI is InChI=1S/C18H24N4O/c1-18(2,3)20-17(23)22-10-7-13(8-11-22)15-12-21(4)16-14(15)6-5-9-19-16/h5-7,9,12H,8,10-11H2,1-4H3,(H,20,23). The summed E-state index contributed by atoms with van der Waals surface area (Å²) in [4.78, 5) is 18.5. The molecule has 23 heavy (non-hydrogen) atoms. The number of nitrogens with zero attached hydrogens (tertiary/aromatic N) is 3. The van der Waals surface area contributed by atoms with E-state index >= 15 is 0 Å². The summed E-state index contributed by atoms with van der Waals surface area (Å²) in [5.74, 6) is 0. The average Bonchev–Trinajstić information content (AvgIpc) is 2.83. The fourth-order valence-electron chi connectivity index (χ4n) is 2.97. The highest BCUT2D eigenvalue weighted by Crippen LogP contribution is 2.29. The summed E-state index contributed by atoms with van der Waals surface area (Å²) in [7, 11) is 2.02. The molecule has 5 nitrogen and oxygen atoms in total. The zero-order valence-electron chi connectivity index (χ0n) is 14.3. The molecule has 0 saturated carbocycles. The predicted molar refractivity (Wildman–Crippen MR) is 93.2 cm³/mol. The first-order chi connectivity index (χ1) is 10.8. The molecule has 0 saturated heterocycles. The first kappa shape index (κ1) is 15.6. The van der Waals surface area contributed by atoms with Gasteiger partial charge in [-0.3, -0.25) is 0 Å². The van der Waals surface area contributed by atoms with Crippen LogP contribution in [0.3, 0.4) is 0 Å². The molecule has 0 atom stereocenters.